The molecule has 2 saturated heterocycles. The molecule has 1 N–H and O–H groups in total. The summed E-state index contributed by atoms with van der Waals surface area (Å²) in [5.41, 5.74) is 5.27. The second-order valence-corrected chi connectivity index (χ2v) is 12.7. The molecule has 220 valence electrons. The lowest BCUT2D eigenvalue weighted by atomic mass is 9.85. The van der Waals surface area contributed by atoms with Crippen LogP contribution in [0.4, 0.5) is 5.13 Å². The zero-order valence-corrected chi connectivity index (χ0v) is 25.0. The maximum Gasteiger partial charge on any atom is 0.307 e. The first-order valence-electron chi connectivity index (χ1n) is 14.5. The van der Waals surface area contributed by atoms with E-state index in [2.05, 4.69) is 16.3 Å². The van der Waals surface area contributed by atoms with Crippen LogP contribution in [0.15, 0.2) is 41.8 Å². The number of aliphatic carboxylic acids is 1. The summed E-state index contributed by atoms with van der Waals surface area (Å²) < 4.78 is 6.31. The van der Waals surface area contributed by atoms with Gasteiger partial charge in [-0.2, -0.15) is 0 Å². The molecule has 0 radical (unpaired) electrons. The summed E-state index contributed by atoms with van der Waals surface area (Å²) in [6.07, 6.45) is 1.94. The van der Waals surface area contributed by atoms with Gasteiger partial charge in [0.05, 0.1) is 11.6 Å². The molecule has 3 atom stereocenters. The van der Waals surface area contributed by atoms with Gasteiger partial charge in [-0.3, -0.25) is 14.4 Å². The topological polar surface area (TPSA) is 103 Å². The quantitative estimate of drug-likeness (QED) is 0.435. The highest BCUT2D eigenvalue weighted by atomic mass is 32.1. The fourth-order valence-electron chi connectivity index (χ4n) is 6.60. The summed E-state index contributed by atoms with van der Waals surface area (Å²) in [7, 11) is 1.76. The van der Waals surface area contributed by atoms with E-state index in [9.17, 15) is 19.5 Å². The van der Waals surface area contributed by atoms with Crippen LogP contribution in [0.2, 0.25) is 0 Å². The average molecular weight is 589 g/mol. The van der Waals surface area contributed by atoms with Crippen molar-refractivity contribution < 1.29 is 24.2 Å². The van der Waals surface area contributed by atoms with Crippen molar-refractivity contribution in [2.45, 2.75) is 33.3 Å². The van der Waals surface area contributed by atoms with Gasteiger partial charge in [-0.05, 0) is 67.9 Å². The van der Waals surface area contributed by atoms with E-state index < -0.39 is 5.97 Å². The predicted molar refractivity (Wildman–Crippen MR) is 161 cm³/mol. The Hall–Kier alpha value is -3.92. The number of carboxylic acids is 1. The highest BCUT2D eigenvalue weighted by Gasteiger charge is 2.46. The van der Waals surface area contributed by atoms with Gasteiger partial charge < -0.3 is 24.5 Å². The maximum absolute atomic E-state index is 13.1. The number of carbonyl (C=O) groups is 3. The Labute approximate surface area is 249 Å². The number of piperazine rings is 1. The zero-order chi connectivity index (χ0) is 29.5. The van der Waals surface area contributed by atoms with Crippen molar-refractivity contribution in [3.8, 4) is 17.0 Å². The number of amides is 2. The molecule has 2 bridgehead atoms. The Morgan fingerprint density at radius 2 is 1.83 bits per heavy atom. The van der Waals surface area contributed by atoms with E-state index >= 15 is 0 Å². The summed E-state index contributed by atoms with van der Waals surface area (Å²) in [6, 6.07) is 11.8. The highest BCUT2D eigenvalue weighted by Crippen LogP contribution is 2.44. The molecule has 6 rings (SSSR count). The van der Waals surface area contributed by atoms with Gasteiger partial charge in [0.25, 0.3) is 5.91 Å². The predicted octanol–water partition coefficient (Wildman–Crippen LogP) is 4.47. The number of aryl methyl sites for hydroxylation is 2. The number of ether oxygens (including phenoxy) is 1. The third kappa shape index (κ3) is 5.47. The van der Waals surface area contributed by atoms with E-state index in [1.807, 2.05) is 44.2 Å². The van der Waals surface area contributed by atoms with Crippen molar-refractivity contribution in [2.24, 2.45) is 17.8 Å². The van der Waals surface area contributed by atoms with Gasteiger partial charge in [0.2, 0.25) is 5.91 Å². The van der Waals surface area contributed by atoms with E-state index in [0.717, 1.165) is 64.8 Å². The highest BCUT2D eigenvalue weighted by molar-refractivity contribution is 7.14. The summed E-state index contributed by atoms with van der Waals surface area (Å²) in [5, 5.41) is 12.6. The lowest BCUT2D eigenvalue weighted by molar-refractivity contribution is -0.144. The third-order valence-electron chi connectivity index (χ3n) is 8.95. The van der Waals surface area contributed by atoms with E-state index in [1.165, 1.54) is 0 Å². The molecule has 2 aromatic carbocycles. The number of carbonyl (C=O) groups excluding carboxylic acids is 2. The minimum atomic E-state index is -0.661. The van der Waals surface area contributed by atoms with Gasteiger partial charge >= 0.3 is 5.97 Å². The van der Waals surface area contributed by atoms with Crippen molar-refractivity contribution in [1.29, 1.82) is 0 Å². The smallest absolute Gasteiger partial charge is 0.307 e. The van der Waals surface area contributed by atoms with E-state index in [0.29, 0.717) is 25.3 Å². The first-order valence-corrected chi connectivity index (χ1v) is 15.4. The number of likely N-dealkylation sites (N-methyl/N-ethyl adjacent to an activating group) is 1. The number of benzene rings is 2. The summed E-state index contributed by atoms with van der Waals surface area (Å²) >= 11 is 1.59. The number of rotatable bonds is 7. The van der Waals surface area contributed by atoms with Crippen molar-refractivity contribution in [3.63, 3.8) is 0 Å². The van der Waals surface area contributed by atoms with Crippen LogP contribution < -0.4 is 9.64 Å². The molecule has 2 amide bonds. The number of thiazole rings is 1. The van der Waals surface area contributed by atoms with Crippen molar-refractivity contribution in [1.82, 2.24) is 14.8 Å². The molecule has 2 unspecified atom stereocenters. The minimum absolute atomic E-state index is 0.0479. The standard InChI is InChI=1S/C32H36N4O5S/c1-19-4-9-27(41-17-21-5-8-24(20(2)13-21)30(38)35-11-10-34(3)28(37)16-35)25(12-19)26-18-42-32(33-26)36-14-22-6-7-23(15-36)29(22)31(39)40/h4-5,8-9,12-13,18,22-23,29H,6-7,10-11,14-17H2,1-3H3,(H,39,40)/t22-,23?,29?/m1/s1. The lowest BCUT2D eigenvalue weighted by Crippen LogP contribution is -2.50. The molecule has 3 aromatic rings. The van der Waals surface area contributed by atoms with Crippen molar-refractivity contribution in [3.05, 3.63) is 64.0 Å². The Balaban J connectivity index is 1.15. The number of piperidine rings is 1. The van der Waals surface area contributed by atoms with Crippen LogP contribution in [0.1, 0.15) is 39.9 Å². The van der Waals surface area contributed by atoms with Gasteiger partial charge in [-0.15, -0.1) is 11.3 Å². The molecule has 3 heterocycles. The number of nitrogens with zero attached hydrogens (tertiary/aromatic N) is 4. The molecular formula is C32H36N4O5S. The number of anilines is 1. The second-order valence-electron chi connectivity index (χ2n) is 11.9. The van der Waals surface area contributed by atoms with Crippen molar-refractivity contribution >= 4 is 34.3 Å². The van der Waals surface area contributed by atoms with Crippen LogP contribution in [0.25, 0.3) is 11.3 Å². The average Bonchev–Trinajstić information content (AvgIpc) is 3.56. The van der Waals surface area contributed by atoms with Crippen LogP contribution in [-0.4, -0.2) is 77.4 Å². The SMILES string of the molecule is Cc1ccc(OCc2ccc(C(=O)N3CCN(C)C(=O)C3)c(C)c2)c(-c2csc(N3CC4CC[C@H](C3)C4C(=O)O)n2)c1. The van der Waals surface area contributed by atoms with Crippen LogP contribution in [0.3, 0.4) is 0 Å². The largest absolute Gasteiger partial charge is 0.488 e. The number of hydrogen-bond donors (Lipinski definition) is 1. The van der Waals surface area contributed by atoms with Gasteiger partial charge in [0, 0.05) is 49.7 Å². The van der Waals surface area contributed by atoms with Crippen LogP contribution in [-0.2, 0) is 16.2 Å². The van der Waals surface area contributed by atoms with Gasteiger partial charge in [-0.25, -0.2) is 4.98 Å². The second kappa shape index (κ2) is 11.4. The molecule has 42 heavy (non-hydrogen) atoms. The molecule has 3 fully saturated rings. The monoisotopic (exact) mass is 588 g/mol. The molecule has 10 heteroatoms. The Bertz CT molecular complexity index is 1520. The number of carboxylic acid groups (broad SMARTS) is 1. The van der Waals surface area contributed by atoms with E-state index in [4.69, 9.17) is 9.72 Å². The lowest BCUT2D eigenvalue weighted by Gasteiger charge is -2.35. The number of aromatic nitrogens is 1. The van der Waals surface area contributed by atoms with Gasteiger partial charge in [0.1, 0.15) is 18.9 Å². The molecule has 3 aliphatic rings. The normalized spacial score (nSPS) is 22.0. The van der Waals surface area contributed by atoms with Crippen LogP contribution in [0, 0.1) is 31.6 Å². The van der Waals surface area contributed by atoms with Gasteiger partial charge in [-0.1, -0.05) is 23.8 Å². The summed E-state index contributed by atoms with van der Waals surface area (Å²) in [4.78, 5) is 47.4. The Morgan fingerprint density at radius 1 is 1.07 bits per heavy atom. The molecule has 1 saturated carbocycles. The molecule has 1 aromatic heterocycles. The molecule has 9 nitrogen and oxygen atoms in total. The summed E-state index contributed by atoms with van der Waals surface area (Å²) in [6.45, 7) is 6.94. The maximum atomic E-state index is 13.1. The molecule has 1 aliphatic carbocycles. The number of hydrogen-bond acceptors (Lipinski definition) is 7. The van der Waals surface area contributed by atoms with E-state index in [-0.39, 0.29) is 36.1 Å². The fraction of sp³-hybridized carbons (Fsp3) is 0.438. The van der Waals surface area contributed by atoms with Crippen molar-refractivity contribution in [2.75, 3.05) is 44.7 Å². The van der Waals surface area contributed by atoms with Crippen LogP contribution in [0.5, 0.6) is 5.75 Å². The van der Waals surface area contributed by atoms with Crippen LogP contribution >= 0.6 is 11.3 Å². The van der Waals surface area contributed by atoms with Gasteiger partial charge in [0.15, 0.2) is 5.13 Å². The zero-order valence-electron chi connectivity index (χ0n) is 24.2. The molecule has 2 aliphatic heterocycles. The number of fused-ring (bicyclic) bond motifs is 2. The molecular weight excluding hydrogens is 552 g/mol. The third-order valence-corrected chi connectivity index (χ3v) is 9.85. The summed E-state index contributed by atoms with van der Waals surface area (Å²) in [5.74, 6) is 0.0305. The molecule has 0 spiro atoms. The Morgan fingerprint density at radius 3 is 2.52 bits per heavy atom. The van der Waals surface area contributed by atoms with E-state index in [1.54, 1.807) is 28.2 Å². The minimum Gasteiger partial charge on any atom is -0.488 e. The first kappa shape index (κ1) is 28.2. The fourth-order valence-corrected chi connectivity index (χ4v) is 7.45. The first-order chi connectivity index (χ1) is 20.2. The Kier molecular flexibility index (Phi) is 7.66.